The van der Waals surface area contributed by atoms with Crippen molar-refractivity contribution >= 4 is 23.5 Å². The highest BCUT2D eigenvalue weighted by Gasteiger charge is 2.19. The SMILES string of the molecule is Cc1[nH]c(=O)c(C#N)c(C)c1CCC(=O)O[C@@H](C)C(=O)NCc1ccccc1Cl. The Bertz CT molecular complexity index is 1020. The molecule has 152 valence electrons. The van der Waals surface area contributed by atoms with Crippen LogP contribution in [0.1, 0.15) is 41.3 Å². The van der Waals surface area contributed by atoms with Gasteiger partial charge in [0.1, 0.15) is 11.6 Å². The van der Waals surface area contributed by atoms with Crippen LogP contribution in [0.4, 0.5) is 0 Å². The fourth-order valence-corrected chi connectivity index (χ4v) is 3.13. The third-order valence-corrected chi connectivity index (χ3v) is 4.96. The summed E-state index contributed by atoms with van der Waals surface area (Å²) in [6.45, 7) is 5.10. The second kappa shape index (κ2) is 9.89. The predicted molar refractivity (Wildman–Crippen MR) is 108 cm³/mol. The number of hydrogen-bond acceptors (Lipinski definition) is 5. The minimum absolute atomic E-state index is 0.0146. The standard InChI is InChI=1S/C21H22ClN3O4/c1-12-16(13(2)25-21(28)17(12)10-23)8-9-19(26)29-14(3)20(27)24-11-15-6-4-5-7-18(15)22/h4-7,14H,8-9,11H2,1-3H3,(H,24,27)(H,25,28)/t14-/m0/s1. The lowest BCUT2D eigenvalue weighted by Gasteiger charge is -2.15. The summed E-state index contributed by atoms with van der Waals surface area (Å²) in [5.41, 5.74) is 2.22. The number of carbonyl (C=O) groups excluding carboxylic acids is 2. The van der Waals surface area contributed by atoms with Gasteiger partial charge in [0.15, 0.2) is 6.10 Å². The number of benzene rings is 1. The molecule has 1 heterocycles. The van der Waals surface area contributed by atoms with Crippen molar-refractivity contribution in [2.75, 3.05) is 0 Å². The molecule has 0 aliphatic heterocycles. The van der Waals surface area contributed by atoms with Crippen LogP contribution in [-0.2, 0) is 27.3 Å². The molecule has 0 radical (unpaired) electrons. The minimum atomic E-state index is -0.961. The quantitative estimate of drug-likeness (QED) is 0.675. The average Bonchev–Trinajstić information content (AvgIpc) is 2.66. The summed E-state index contributed by atoms with van der Waals surface area (Å²) in [4.78, 5) is 38.7. The summed E-state index contributed by atoms with van der Waals surface area (Å²) in [5, 5.41) is 12.3. The van der Waals surface area contributed by atoms with Gasteiger partial charge in [-0.25, -0.2) is 0 Å². The summed E-state index contributed by atoms with van der Waals surface area (Å²) in [6, 6.07) is 9.01. The van der Waals surface area contributed by atoms with Crippen molar-refractivity contribution in [1.82, 2.24) is 10.3 Å². The summed E-state index contributed by atoms with van der Waals surface area (Å²) in [6.07, 6.45) is -0.658. The molecular formula is C21H22ClN3O4. The van der Waals surface area contributed by atoms with Gasteiger partial charge in [-0.3, -0.25) is 14.4 Å². The van der Waals surface area contributed by atoms with Crippen LogP contribution in [0.5, 0.6) is 0 Å². The summed E-state index contributed by atoms with van der Waals surface area (Å²) in [7, 11) is 0. The lowest BCUT2D eigenvalue weighted by molar-refractivity contribution is -0.154. The molecule has 1 aromatic heterocycles. The zero-order valence-corrected chi connectivity index (χ0v) is 17.2. The van der Waals surface area contributed by atoms with Crippen LogP contribution in [0.15, 0.2) is 29.1 Å². The van der Waals surface area contributed by atoms with Gasteiger partial charge in [0.25, 0.3) is 11.5 Å². The van der Waals surface area contributed by atoms with Crippen LogP contribution in [0, 0.1) is 25.2 Å². The first kappa shape index (κ1) is 22.2. The van der Waals surface area contributed by atoms with E-state index in [4.69, 9.17) is 21.6 Å². The van der Waals surface area contributed by atoms with Crippen molar-refractivity contribution in [2.24, 2.45) is 0 Å². The average molecular weight is 416 g/mol. The van der Waals surface area contributed by atoms with Crippen LogP contribution in [-0.4, -0.2) is 23.0 Å². The maximum absolute atomic E-state index is 12.2. The Balaban J connectivity index is 1.91. The number of esters is 1. The predicted octanol–water partition coefficient (Wildman–Crippen LogP) is 2.70. The molecule has 0 aliphatic carbocycles. The number of aromatic nitrogens is 1. The normalized spacial score (nSPS) is 11.4. The lowest BCUT2D eigenvalue weighted by Crippen LogP contribution is -2.35. The molecule has 0 saturated carbocycles. The van der Waals surface area contributed by atoms with Crippen LogP contribution in [0.3, 0.4) is 0 Å². The van der Waals surface area contributed by atoms with Crippen molar-refractivity contribution in [1.29, 1.82) is 5.26 Å². The third-order valence-electron chi connectivity index (χ3n) is 4.59. The number of halogens is 1. The van der Waals surface area contributed by atoms with Crippen LogP contribution < -0.4 is 10.9 Å². The van der Waals surface area contributed by atoms with Gasteiger partial charge in [-0.2, -0.15) is 5.26 Å². The number of H-pyrrole nitrogens is 1. The van der Waals surface area contributed by atoms with E-state index < -0.39 is 23.5 Å². The Hall–Kier alpha value is -3.11. The van der Waals surface area contributed by atoms with Crippen LogP contribution >= 0.6 is 11.6 Å². The minimum Gasteiger partial charge on any atom is -0.453 e. The second-order valence-electron chi connectivity index (χ2n) is 6.61. The molecule has 0 fully saturated rings. The highest BCUT2D eigenvalue weighted by atomic mass is 35.5. The van der Waals surface area contributed by atoms with E-state index >= 15 is 0 Å². The van der Waals surface area contributed by atoms with E-state index in [9.17, 15) is 14.4 Å². The van der Waals surface area contributed by atoms with Gasteiger partial charge in [-0.1, -0.05) is 29.8 Å². The Morgan fingerprint density at radius 1 is 1.31 bits per heavy atom. The van der Waals surface area contributed by atoms with Crippen molar-refractivity contribution < 1.29 is 14.3 Å². The number of ether oxygens (including phenoxy) is 1. The van der Waals surface area contributed by atoms with Crippen molar-refractivity contribution in [3.05, 3.63) is 67.6 Å². The van der Waals surface area contributed by atoms with Gasteiger partial charge < -0.3 is 15.0 Å². The zero-order valence-electron chi connectivity index (χ0n) is 16.5. The van der Waals surface area contributed by atoms with Gasteiger partial charge in [0, 0.05) is 23.7 Å². The maximum atomic E-state index is 12.2. The second-order valence-corrected chi connectivity index (χ2v) is 7.02. The fraction of sp³-hybridized carbons (Fsp3) is 0.333. The molecule has 0 bridgehead atoms. The number of rotatable bonds is 7. The van der Waals surface area contributed by atoms with E-state index in [0.29, 0.717) is 21.8 Å². The first-order valence-electron chi connectivity index (χ1n) is 9.07. The largest absolute Gasteiger partial charge is 0.453 e. The summed E-state index contributed by atoms with van der Waals surface area (Å²) >= 11 is 6.05. The number of aryl methyl sites for hydroxylation is 1. The Morgan fingerprint density at radius 3 is 2.66 bits per heavy atom. The topological polar surface area (TPSA) is 112 Å². The number of nitrogens with zero attached hydrogens (tertiary/aromatic N) is 1. The summed E-state index contributed by atoms with van der Waals surface area (Å²) < 4.78 is 5.19. The van der Waals surface area contributed by atoms with Crippen molar-refractivity contribution in [3.8, 4) is 6.07 Å². The number of carbonyl (C=O) groups is 2. The van der Waals surface area contributed by atoms with Gasteiger partial charge in [0.05, 0.1) is 0 Å². The van der Waals surface area contributed by atoms with Gasteiger partial charge >= 0.3 is 5.97 Å². The Kier molecular flexibility index (Phi) is 7.57. The fourth-order valence-electron chi connectivity index (χ4n) is 2.92. The number of nitriles is 1. The monoisotopic (exact) mass is 415 g/mol. The van der Waals surface area contributed by atoms with Crippen molar-refractivity contribution in [3.63, 3.8) is 0 Å². The number of aromatic amines is 1. The van der Waals surface area contributed by atoms with E-state index in [0.717, 1.165) is 5.56 Å². The molecule has 29 heavy (non-hydrogen) atoms. The molecular weight excluding hydrogens is 394 g/mol. The number of hydrogen-bond donors (Lipinski definition) is 2. The van der Waals surface area contributed by atoms with E-state index in [1.807, 2.05) is 12.1 Å². The number of nitrogens with one attached hydrogen (secondary N) is 2. The smallest absolute Gasteiger partial charge is 0.306 e. The van der Waals surface area contributed by atoms with Gasteiger partial charge in [0.2, 0.25) is 0 Å². The molecule has 1 aromatic carbocycles. The number of amides is 1. The van der Waals surface area contributed by atoms with Crippen molar-refractivity contribution in [2.45, 2.75) is 46.3 Å². The van der Waals surface area contributed by atoms with Gasteiger partial charge in [-0.15, -0.1) is 0 Å². The molecule has 0 saturated heterocycles. The molecule has 2 aromatic rings. The molecule has 1 atom stereocenters. The molecule has 1 amide bonds. The van der Waals surface area contributed by atoms with E-state index in [2.05, 4.69) is 10.3 Å². The van der Waals surface area contributed by atoms with Crippen LogP contribution in [0.25, 0.3) is 0 Å². The van der Waals surface area contributed by atoms with E-state index in [-0.39, 0.29) is 24.9 Å². The Labute approximate surface area is 173 Å². The maximum Gasteiger partial charge on any atom is 0.306 e. The molecule has 8 heteroatoms. The first-order chi connectivity index (χ1) is 13.7. The Morgan fingerprint density at radius 2 is 2.00 bits per heavy atom. The zero-order chi connectivity index (χ0) is 21.6. The molecule has 2 rings (SSSR count). The van der Waals surface area contributed by atoms with Crippen LogP contribution in [0.2, 0.25) is 5.02 Å². The lowest BCUT2D eigenvalue weighted by atomic mass is 9.99. The molecule has 2 N–H and O–H groups in total. The molecule has 0 spiro atoms. The van der Waals surface area contributed by atoms with Gasteiger partial charge in [-0.05, 0) is 49.9 Å². The van der Waals surface area contributed by atoms with E-state index in [1.165, 1.54) is 6.92 Å². The highest BCUT2D eigenvalue weighted by molar-refractivity contribution is 6.31. The van der Waals surface area contributed by atoms with E-state index in [1.54, 1.807) is 32.0 Å². The molecule has 0 unspecified atom stereocenters. The summed E-state index contributed by atoms with van der Waals surface area (Å²) in [5.74, 6) is -0.977. The molecule has 7 nitrogen and oxygen atoms in total. The number of pyridine rings is 1. The third kappa shape index (κ3) is 5.69. The first-order valence-corrected chi connectivity index (χ1v) is 9.45. The molecule has 0 aliphatic rings. The highest BCUT2D eigenvalue weighted by Crippen LogP contribution is 2.16.